The van der Waals surface area contributed by atoms with E-state index in [2.05, 4.69) is 27.7 Å². The first-order chi connectivity index (χ1) is 9.39. The van der Waals surface area contributed by atoms with Crippen LogP contribution in [0.3, 0.4) is 0 Å². The van der Waals surface area contributed by atoms with Crippen LogP contribution in [0.25, 0.3) is 0 Å². The van der Waals surface area contributed by atoms with Crippen LogP contribution in [0.5, 0.6) is 0 Å². The second-order valence-corrected chi connectivity index (χ2v) is 9.42. The summed E-state index contributed by atoms with van der Waals surface area (Å²) in [7, 11) is 0.969. The molecule has 0 aromatic carbocycles. The van der Waals surface area contributed by atoms with Crippen LogP contribution in [0.2, 0.25) is 6.04 Å². The molecule has 0 saturated carbocycles. The Morgan fingerprint density at radius 3 is 1.60 bits per heavy atom. The summed E-state index contributed by atoms with van der Waals surface area (Å²) in [6.45, 7) is 8.43. The molecule has 122 valence electrons. The number of unbranched alkanes of at least 4 members (excludes halogenated alkanes) is 7. The summed E-state index contributed by atoms with van der Waals surface area (Å²) in [5.74, 6) is 0. The lowest BCUT2D eigenvalue weighted by atomic mass is 10.1. The van der Waals surface area contributed by atoms with Gasteiger partial charge in [-0.3, -0.25) is 0 Å². The minimum atomic E-state index is -2.46. The van der Waals surface area contributed by atoms with Gasteiger partial charge in [0, 0.05) is 20.3 Å². The fourth-order valence-electron chi connectivity index (χ4n) is 2.36. The second-order valence-electron chi connectivity index (χ2n) is 6.53. The van der Waals surface area contributed by atoms with Crippen molar-refractivity contribution >= 4 is 8.80 Å². The van der Waals surface area contributed by atoms with Crippen molar-refractivity contribution in [3.05, 3.63) is 0 Å². The molecular formula is C16H36O3Si. The van der Waals surface area contributed by atoms with Crippen molar-refractivity contribution in [2.45, 2.75) is 90.7 Å². The van der Waals surface area contributed by atoms with E-state index < -0.39 is 8.80 Å². The first-order valence-electron chi connectivity index (χ1n) is 8.19. The maximum absolute atomic E-state index is 6.08. The Labute approximate surface area is 127 Å². The van der Waals surface area contributed by atoms with E-state index in [0.29, 0.717) is 0 Å². The Balaban J connectivity index is 3.87. The smallest absolute Gasteiger partial charge is 0.377 e. The standard InChI is InChI=1S/C16H36O3Si/c1-7-8-9-10-11-12-13-14-15-20(17-5,18-6)19-16(2,3)4/h7-15H2,1-6H3. The van der Waals surface area contributed by atoms with Crippen molar-refractivity contribution in [3.63, 3.8) is 0 Å². The number of rotatable bonds is 12. The van der Waals surface area contributed by atoms with Crippen molar-refractivity contribution in [1.82, 2.24) is 0 Å². The molecule has 0 aliphatic heterocycles. The fourth-order valence-corrected chi connectivity index (χ4v) is 4.82. The average Bonchev–Trinajstić information content (AvgIpc) is 2.39. The van der Waals surface area contributed by atoms with E-state index >= 15 is 0 Å². The summed E-state index contributed by atoms with van der Waals surface area (Å²) in [5.41, 5.74) is -0.210. The molecule has 0 aliphatic carbocycles. The molecule has 0 spiro atoms. The second kappa shape index (κ2) is 10.8. The quantitative estimate of drug-likeness (QED) is 0.367. The van der Waals surface area contributed by atoms with Crippen molar-refractivity contribution < 1.29 is 13.3 Å². The lowest BCUT2D eigenvalue weighted by Gasteiger charge is -2.33. The van der Waals surface area contributed by atoms with Crippen molar-refractivity contribution in [2.24, 2.45) is 0 Å². The number of hydrogen-bond acceptors (Lipinski definition) is 3. The van der Waals surface area contributed by atoms with Gasteiger partial charge in [0.15, 0.2) is 0 Å². The Hall–Kier alpha value is 0.0969. The van der Waals surface area contributed by atoms with Crippen LogP contribution < -0.4 is 0 Å². The van der Waals surface area contributed by atoms with Gasteiger partial charge in [0.05, 0.1) is 5.60 Å². The Bertz CT molecular complexity index is 222. The molecule has 3 nitrogen and oxygen atoms in total. The van der Waals surface area contributed by atoms with Gasteiger partial charge in [-0.05, 0) is 27.2 Å². The topological polar surface area (TPSA) is 27.7 Å². The zero-order valence-corrected chi connectivity index (χ0v) is 15.6. The molecule has 0 aromatic heterocycles. The Kier molecular flexibility index (Phi) is 10.8. The lowest BCUT2D eigenvalue weighted by molar-refractivity contribution is 0.0161. The van der Waals surface area contributed by atoms with Crippen LogP contribution >= 0.6 is 0 Å². The molecule has 0 aromatic rings. The van der Waals surface area contributed by atoms with E-state index in [1.165, 1.54) is 44.9 Å². The zero-order chi connectivity index (χ0) is 15.5. The molecule has 0 rings (SSSR count). The van der Waals surface area contributed by atoms with Gasteiger partial charge < -0.3 is 13.3 Å². The molecule has 0 N–H and O–H groups in total. The largest absolute Gasteiger partial charge is 0.500 e. The molecule has 0 amide bonds. The highest BCUT2D eigenvalue weighted by Gasteiger charge is 2.41. The monoisotopic (exact) mass is 304 g/mol. The highest BCUT2D eigenvalue weighted by atomic mass is 28.4. The van der Waals surface area contributed by atoms with Gasteiger partial charge in [-0.25, -0.2) is 0 Å². The molecule has 0 fully saturated rings. The summed E-state index contributed by atoms with van der Waals surface area (Å²) in [6.07, 6.45) is 10.5. The summed E-state index contributed by atoms with van der Waals surface area (Å²) in [4.78, 5) is 0. The Morgan fingerprint density at radius 2 is 1.20 bits per heavy atom. The maximum atomic E-state index is 6.08. The van der Waals surface area contributed by atoms with Crippen LogP contribution in [-0.4, -0.2) is 28.6 Å². The van der Waals surface area contributed by atoms with Crippen LogP contribution in [0.15, 0.2) is 0 Å². The predicted molar refractivity (Wildman–Crippen MR) is 88.0 cm³/mol. The van der Waals surface area contributed by atoms with Gasteiger partial charge in [-0.2, -0.15) is 0 Å². The minimum Gasteiger partial charge on any atom is -0.377 e. The maximum Gasteiger partial charge on any atom is 0.500 e. The summed E-state index contributed by atoms with van der Waals surface area (Å²) >= 11 is 0. The van der Waals surface area contributed by atoms with Gasteiger partial charge >= 0.3 is 8.80 Å². The first-order valence-corrected chi connectivity index (χ1v) is 10.1. The molecule has 0 atom stereocenters. The third-order valence-corrected chi connectivity index (χ3v) is 6.55. The normalized spacial score (nSPS) is 12.9. The Morgan fingerprint density at radius 1 is 0.750 bits per heavy atom. The van der Waals surface area contributed by atoms with Crippen LogP contribution in [0.4, 0.5) is 0 Å². The summed E-state index contributed by atoms with van der Waals surface area (Å²) in [5, 5.41) is 0. The average molecular weight is 305 g/mol. The molecule has 0 unspecified atom stereocenters. The van der Waals surface area contributed by atoms with Gasteiger partial charge in [0.2, 0.25) is 0 Å². The van der Waals surface area contributed by atoms with E-state index in [1.54, 1.807) is 14.2 Å². The van der Waals surface area contributed by atoms with E-state index in [4.69, 9.17) is 13.3 Å². The number of hydrogen-bond donors (Lipinski definition) is 0. The summed E-state index contributed by atoms with van der Waals surface area (Å²) in [6, 6.07) is 0.923. The van der Waals surface area contributed by atoms with E-state index in [-0.39, 0.29) is 5.60 Å². The molecule has 20 heavy (non-hydrogen) atoms. The van der Waals surface area contributed by atoms with Gasteiger partial charge in [-0.15, -0.1) is 0 Å². The third-order valence-electron chi connectivity index (χ3n) is 3.42. The predicted octanol–water partition coefficient (Wildman–Crippen LogP) is 5.17. The highest BCUT2D eigenvalue weighted by Crippen LogP contribution is 2.24. The van der Waals surface area contributed by atoms with Gasteiger partial charge in [0.1, 0.15) is 0 Å². The van der Waals surface area contributed by atoms with Gasteiger partial charge in [-0.1, -0.05) is 51.9 Å². The molecule has 4 heteroatoms. The van der Waals surface area contributed by atoms with Crippen molar-refractivity contribution in [3.8, 4) is 0 Å². The molecule has 0 bridgehead atoms. The lowest BCUT2D eigenvalue weighted by Crippen LogP contribution is -2.48. The highest BCUT2D eigenvalue weighted by molar-refractivity contribution is 6.60. The first kappa shape index (κ1) is 20.1. The molecule has 0 heterocycles. The summed E-state index contributed by atoms with van der Waals surface area (Å²) < 4.78 is 17.3. The minimum absolute atomic E-state index is 0.210. The van der Waals surface area contributed by atoms with E-state index in [9.17, 15) is 0 Å². The fraction of sp³-hybridized carbons (Fsp3) is 1.00. The molecule has 0 aliphatic rings. The third kappa shape index (κ3) is 9.92. The van der Waals surface area contributed by atoms with E-state index in [0.717, 1.165) is 12.5 Å². The molecular weight excluding hydrogens is 268 g/mol. The van der Waals surface area contributed by atoms with Crippen LogP contribution in [0, 0.1) is 0 Å². The van der Waals surface area contributed by atoms with E-state index in [1.807, 2.05) is 0 Å². The van der Waals surface area contributed by atoms with Crippen LogP contribution in [-0.2, 0) is 13.3 Å². The molecule has 0 saturated heterocycles. The van der Waals surface area contributed by atoms with Gasteiger partial charge in [0.25, 0.3) is 0 Å². The SMILES string of the molecule is CCCCCCCCCC[Si](OC)(OC)OC(C)(C)C. The van der Waals surface area contributed by atoms with Crippen molar-refractivity contribution in [1.29, 1.82) is 0 Å². The zero-order valence-electron chi connectivity index (χ0n) is 14.6. The van der Waals surface area contributed by atoms with Crippen molar-refractivity contribution in [2.75, 3.05) is 14.2 Å². The van der Waals surface area contributed by atoms with Crippen LogP contribution in [0.1, 0.15) is 79.1 Å². The molecule has 0 radical (unpaired) electrons.